The first kappa shape index (κ1) is 15.8. The molecule has 2 rings (SSSR count). The van der Waals surface area contributed by atoms with Gasteiger partial charge in [0, 0.05) is 6.07 Å². The van der Waals surface area contributed by atoms with Crippen LogP contribution in [0.3, 0.4) is 0 Å². The van der Waals surface area contributed by atoms with E-state index in [1.54, 1.807) is 6.07 Å². The van der Waals surface area contributed by atoms with Crippen LogP contribution in [0.2, 0.25) is 0 Å². The van der Waals surface area contributed by atoms with E-state index in [9.17, 15) is 24.5 Å². The van der Waals surface area contributed by atoms with Gasteiger partial charge >= 0.3 is 5.69 Å². The van der Waals surface area contributed by atoms with Crippen molar-refractivity contribution in [3.8, 4) is 0 Å². The van der Waals surface area contributed by atoms with Gasteiger partial charge in [-0.2, -0.15) is 10.2 Å². The Morgan fingerprint density at radius 3 is 2.83 bits per heavy atom. The normalized spacial score (nSPS) is 10.6. The molecule has 2 aromatic rings. The van der Waals surface area contributed by atoms with E-state index < -0.39 is 28.5 Å². The maximum atomic E-state index is 11.6. The number of nitro groups is 1. The van der Waals surface area contributed by atoms with Gasteiger partial charge in [-0.15, -0.1) is 0 Å². The van der Waals surface area contributed by atoms with Crippen LogP contribution in [-0.4, -0.2) is 32.2 Å². The molecule has 1 aromatic heterocycles. The molecule has 1 aromatic carbocycles. The standard InChI is InChI=1S/C12H10N6O5/c19-10(5-8-11(20)14-12(21)17-15-8)16-13-6-7-3-1-2-4-9(7)18(22)23/h1-4,6H,5H2,(H,16,19)(H2,14,17,20,21). The van der Waals surface area contributed by atoms with Gasteiger partial charge in [0.2, 0.25) is 5.91 Å². The lowest BCUT2D eigenvalue weighted by molar-refractivity contribution is -0.385. The van der Waals surface area contributed by atoms with Crippen molar-refractivity contribution in [2.75, 3.05) is 0 Å². The van der Waals surface area contributed by atoms with Gasteiger partial charge in [-0.05, 0) is 6.07 Å². The molecule has 23 heavy (non-hydrogen) atoms. The minimum atomic E-state index is -0.786. The number of nitrogens with one attached hydrogen (secondary N) is 3. The van der Waals surface area contributed by atoms with Crippen LogP contribution in [0.15, 0.2) is 39.0 Å². The number of carbonyl (C=O) groups excluding carboxylic acids is 1. The Balaban J connectivity index is 2.03. The van der Waals surface area contributed by atoms with Crippen molar-refractivity contribution in [1.82, 2.24) is 20.6 Å². The van der Waals surface area contributed by atoms with Gasteiger partial charge in [-0.3, -0.25) is 24.7 Å². The van der Waals surface area contributed by atoms with Crippen molar-refractivity contribution < 1.29 is 9.72 Å². The van der Waals surface area contributed by atoms with Gasteiger partial charge in [0.25, 0.3) is 11.2 Å². The first-order valence-electron chi connectivity index (χ1n) is 6.20. The number of hydrogen-bond donors (Lipinski definition) is 3. The molecule has 0 atom stereocenters. The maximum absolute atomic E-state index is 11.6. The van der Waals surface area contributed by atoms with Crippen molar-refractivity contribution in [3.05, 3.63) is 66.5 Å². The molecule has 118 valence electrons. The summed E-state index contributed by atoms with van der Waals surface area (Å²) in [6, 6.07) is 5.84. The Labute approximate surface area is 127 Å². The van der Waals surface area contributed by atoms with Crippen molar-refractivity contribution in [3.63, 3.8) is 0 Å². The van der Waals surface area contributed by atoms with E-state index in [4.69, 9.17) is 0 Å². The van der Waals surface area contributed by atoms with Crippen LogP contribution in [0.25, 0.3) is 0 Å². The number of nitro benzene ring substituents is 1. The van der Waals surface area contributed by atoms with E-state index >= 15 is 0 Å². The maximum Gasteiger partial charge on any atom is 0.342 e. The number of benzene rings is 1. The van der Waals surface area contributed by atoms with E-state index in [-0.39, 0.29) is 16.9 Å². The minimum Gasteiger partial charge on any atom is -0.273 e. The molecule has 0 aliphatic rings. The van der Waals surface area contributed by atoms with Gasteiger partial charge in [-0.25, -0.2) is 15.3 Å². The van der Waals surface area contributed by atoms with Gasteiger partial charge in [0.1, 0.15) is 5.69 Å². The molecule has 0 saturated carbocycles. The fraction of sp³-hybridized carbons (Fsp3) is 0.0833. The predicted molar refractivity (Wildman–Crippen MR) is 78.0 cm³/mol. The number of hydrogen-bond acceptors (Lipinski definition) is 7. The molecule has 11 nitrogen and oxygen atoms in total. The number of rotatable bonds is 5. The van der Waals surface area contributed by atoms with Crippen LogP contribution < -0.4 is 16.7 Å². The SMILES string of the molecule is O=C(Cc1n[nH]c(=O)[nH]c1=O)NN=Cc1ccccc1[N+](=O)[O-]. The molecule has 0 spiro atoms. The second-order valence-corrected chi connectivity index (χ2v) is 4.24. The highest BCUT2D eigenvalue weighted by Crippen LogP contribution is 2.14. The van der Waals surface area contributed by atoms with Gasteiger partial charge < -0.3 is 0 Å². The third-order valence-electron chi connectivity index (χ3n) is 2.64. The van der Waals surface area contributed by atoms with E-state index in [1.807, 2.05) is 10.1 Å². The van der Waals surface area contributed by atoms with Gasteiger partial charge in [0.15, 0.2) is 0 Å². The number of aromatic amines is 2. The predicted octanol–water partition coefficient (Wildman–Crippen LogP) is -0.941. The molecular formula is C12H10N6O5. The lowest BCUT2D eigenvalue weighted by atomic mass is 10.2. The first-order chi connectivity index (χ1) is 11.0. The number of para-hydroxylation sites is 1. The number of nitrogens with zero attached hydrogens (tertiary/aromatic N) is 3. The van der Waals surface area contributed by atoms with Crippen molar-refractivity contribution in [2.45, 2.75) is 6.42 Å². The molecule has 11 heteroatoms. The van der Waals surface area contributed by atoms with Crippen LogP contribution >= 0.6 is 0 Å². The summed E-state index contributed by atoms with van der Waals surface area (Å²) in [6.45, 7) is 0. The topological polar surface area (TPSA) is 163 Å². The summed E-state index contributed by atoms with van der Waals surface area (Å²) in [6.07, 6.45) is 0.695. The summed E-state index contributed by atoms with van der Waals surface area (Å²) in [7, 11) is 0. The van der Waals surface area contributed by atoms with Crippen molar-refractivity contribution >= 4 is 17.8 Å². The second kappa shape index (κ2) is 6.89. The summed E-state index contributed by atoms with van der Waals surface area (Å²) in [4.78, 5) is 45.9. The number of hydrazone groups is 1. The Hall–Kier alpha value is -3.63. The van der Waals surface area contributed by atoms with E-state index in [1.165, 1.54) is 18.2 Å². The number of aromatic nitrogens is 3. The van der Waals surface area contributed by atoms with Crippen LogP contribution in [0.5, 0.6) is 0 Å². The third-order valence-corrected chi connectivity index (χ3v) is 2.64. The Kier molecular flexibility index (Phi) is 4.72. The molecule has 0 unspecified atom stereocenters. The zero-order valence-electron chi connectivity index (χ0n) is 11.5. The molecule has 0 aliphatic carbocycles. The molecule has 0 aliphatic heterocycles. The molecule has 0 fully saturated rings. The average Bonchev–Trinajstić information content (AvgIpc) is 2.50. The quantitative estimate of drug-likeness (QED) is 0.366. The zero-order chi connectivity index (χ0) is 16.8. The van der Waals surface area contributed by atoms with Gasteiger partial charge in [0.05, 0.1) is 23.1 Å². The van der Waals surface area contributed by atoms with Crippen molar-refractivity contribution in [2.24, 2.45) is 5.10 Å². The highest BCUT2D eigenvalue weighted by Gasteiger charge is 2.11. The lowest BCUT2D eigenvalue weighted by Gasteiger charge is -1.99. The molecule has 0 saturated heterocycles. The summed E-state index contributed by atoms with van der Waals surface area (Å²) in [5.74, 6) is -0.676. The Morgan fingerprint density at radius 2 is 2.13 bits per heavy atom. The average molecular weight is 318 g/mol. The first-order valence-corrected chi connectivity index (χ1v) is 6.20. The van der Waals surface area contributed by atoms with Crippen molar-refractivity contribution in [1.29, 1.82) is 0 Å². The third kappa shape index (κ3) is 4.17. The number of carbonyl (C=O) groups is 1. The van der Waals surface area contributed by atoms with E-state index in [2.05, 4.69) is 15.6 Å². The van der Waals surface area contributed by atoms with E-state index in [0.29, 0.717) is 0 Å². The fourth-order valence-electron chi connectivity index (χ4n) is 1.62. The molecule has 1 amide bonds. The summed E-state index contributed by atoms with van der Waals surface area (Å²) in [5.41, 5.74) is 0.393. The Morgan fingerprint density at radius 1 is 1.39 bits per heavy atom. The summed E-state index contributed by atoms with van der Waals surface area (Å²) in [5, 5.41) is 19.8. The number of amides is 1. The zero-order valence-corrected chi connectivity index (χ0v) is 11.5. The molecular weight excluding hydrogens is 308 g/mol. The number of H-pyrrole nitrogens is 2. The highest BCUT2D eigenvalue weighted by atomic mass is 16.6. The monoisotopic (exact) mass is 318 g/mol. The largest absolute Gasteiger partial charge is 0.342 e. The highest BCUT2D eigenvalue weighted by molar-refractivity contribution is 5.86. The molecule has 1 heterocycles. The van der Waals surface area contributed by atoms with E-state index in [0.717, 1.165) is 6.21 Å². The molecule has 0 radical (unpaired) electrons. The molecule has 3 N–H and O–H groups in total. The lowest BCUT2D eigenvalue weighted by Crippen LogP contribution is -2.31. The fourth-order valence-corrected chi connectivity index (χ4v) is 1.62. The minimum absolute atomic E-state index is 0.163. The smallest absolute Gasteiger partial charge is 0.273 e. The Bertz CT molecular complexity index is 884. The van der Waals surface area contributed by atoms with Crippen LogP contribution in [0.1, 0.15) is 11.3 Å². The summed E-state index contributed by atoms with van der Waals surface area (Å²) >= 11 is 0. The van der Waals surface area contributed by atoms with Crippen LogP contribution in [0.4, 0.5) is 5.69 Å². The van der Waals surface area contributed by atoms with Crippen LogP contribution in [0, 0.1) is 10.1 Å². The van der Waals surface area contributed by atoms with Gasteiger partial charge in [-0.1, -0.05) is 12.1 Å². The van der Waals surface area contributed by atoms with Crippen LogP contribution in [-0.2, 0) is 11.2 Å². The summed E-state index contributed by atoms with van der Waals surface area (Å²) < 4.78 is 0. The molecule has 0 bridgehead atoms. The second-order valence-electron chi connectivity index (χ2n) is 4.24.